The minimum atomic E-state index is -1.96. The van der Waals surface area contributed by atoms with Gasteiger partial charge in [0, 0.05) is 0 Å². The highest BCUT2D eigenvalue weighted by Crippen LogP contribution is 2.45. The van der Waals surface area contributed by atoms with Gasteiger partial charge in [-0.05, 0) is 80.0 Å². The van der Waals surface area contributed by atoms with Gasteiger partial charge in [-0.2, -0.15) is 0 Å². The minimum absolute atomic E-state index is 0.401. The highest BCUT2D eigenvalue weighted by atomic mass is 28.4. The van der Waals surface area contributed by atoms with Crippen molar-refractivity contribution >= 4 is 25.0 Å². The fourth-order valence-corrected chi connectivity index (χ4v) is 17.4. The van der Waals surface area contributed by atoms with Gasteiger partial charge in [0.1, 0.15) is 5.60 Å². The summed E-state index contributed by atoms with van der Waals surface area (Å²) in [6.07, 6.45) is 17.6. The Labute approximate surface area is 313 Å². The van der Waals surface area contributed by atoms with Crippen molar-refractivity contribution in [2.75, 3.05) is 0 Å². The van der Waals surface area contributed by atoms with Crippen LogP contribution in [0.3, 0.4) is 0 Å². The zero-order chi connectivity index (χ0) is 37.2. The molecule has 5 heteroatoms. The van der Waals surface area contributed by atoms with E-state index in [-0.39, 0.29) is 0 Å². The fraction of sp³-hybridized carbons (Fsp3) is 0.600. The van der Waals surface area contributed by atoms with Crippen LogP contribution in [0.2, 0.25) is 56.9 Å². The van der Waals surface area contributed by atoms with Gasteiger partial charge < -0.3 is 8.54 Å². The van der Waals surface area contributed by atoms with E-state index in [1.807, 2.05) is 0 Å². The normalized spacial score (nSPS) is 12.8. The average Bonchev–Trinajstić information content (AvgIpc) is 3.07. The molecule has 0 bridgehead atoms. The van der Waals surface area contributed by atoms with Crippen molar-refractivity contribution in [3.8, 4) is 0 Å². The van der Waals surface area contributed by atoms with E-state index in [0.29, 0.717) is 5.04 Å². The predicted octanol–water partition coefficient (Wildman–Crippen LogP) is 15.1. The van der Waals surface area contributed by atoms with Gasteiger partial charge in [0.05, 0.1) is 0 Å². The van der Waals surface area contributed by atoms with Gasteiger partial charge in [0.25, 0.3) is 0 Å². The average molecular weight is 733 g/mol. The van der Waals surface area contributed by atoms with Crippen molar-refractivity contribution in [1.29, 1.82) is 0 Å². The van der Waals surface area contributed by atoms with Crippen LogP contribution in [-0.2, 0) is 14.1 Å². The lowest BCUT2D eigenvalue weighted by molar-refractivity contribution is 0.143. The Morgan fingerprint density at radius 2 is 0.840 bits per heavy atom. The van der Waals surface area contributed by atoms with Crippen LogP contribution >= 0.6 is 0 Å². The van der Waals surface area contributed by atoms with Gasteiger partial charge >= 0.3 is 0 Å². The van der Waals surface area contributed by atoms with Crippen LogP contribution in [0.1, 0.15) is 128 Å². The molecule has 0 aliphatic carbocycles. The molecule has 0 fully saturated rings. The van der Waals surface area contributed by atoms with E-state index in [2.05, 4.69) is 165 Å². The summed E-state index contributed by atoms with van der Waals surface area (Å²) in [6.45, 7) is 26.0. The number of hydrogen-bond acceptors (Lipinski definition) is 2. The van der Waals surface area contributed by atoms with E-state index in [1.54, 1.807) is 0 Å². The highest BCUT2D eigenvalue weighted by Gasteiger charge is 2.44. The first-order valence-corrected chi connectivity index (χ1v) is 29.6. The first-order valence-electron chi connectivity index (χ1n) is 20.2. The van der Waals surface area contributed by atoms with Crippen LogP contribution in [0.4, 0.5) is 0 Å². The summed E-state index contributed by atoms with van der Waals surface area (Å²) in [5.74, 6) is 0. The molecule has 0 amide bonds. The summed E-state index contributed by atoms with van der Waals surface area (Å²) in [7, 11) is -4.94. The lowest BCUT2D eigenvalue weighted by Gasteiger charge is -2.43. The molecule has 3 aromatic carbocycles. The van der Waals surface area contributed by atoms with Crippen LogP contribution in [0.5, 0.6) is 0 Å². The quantitative estimate of drug-likeness (QED) is 0.0582. The van der Waals surface area contributed by atoms with Crippen LogP contribution in [0, 0.1) is 0 Å². The molecule has 0 saturated carbocycles. The summed E-state index contributed by atoms with van der Waals surface area (Å²) in [6, 6.07) is 33.5. The van der Waals surface area contributed by atoms with Crippen molar-refractivity contribution in [1.82, 2.24) is 0 Å². The fourth-order valence-electron chi connectivity index (χ4n) is 7.04. The molecule has 2 nitrogen and oxygen atoms in total. The lowest BCUT2D eigenvalue weighted by atomic mass is 9.80. The molecular weight excluding hydrogens is 657 g/mol. The molecule has 0 N–H and O–H groups in total. The molecular formula is C45H76O2Si3. The van der Waals surface area contributed by atoms with Crippen LogP contribution < -0.4 is 0 Å². The van der Waals surface area contributed by atoms with Gasteiger partial charge in [-0.25, -0.2) is 0 Å². The van der Waals surface area contributed by atoms with Crippen LogP contribution in [0.15, 0.2) is 91.0 Å². The molecule has 0 radical (unpaired) electrons. The summed E-state index contributed by atoms with van der Waals surface area (Å²) >= 11 is 0. The molecule has 0 aromatic heterocycles. The first kappa shape index (κ1) is 44.4. The first-order chi connectivity index (χ1) is 23.6. The summed E-state index contributed by atoms with van der Waals surface area (Å²) in [5, 5.41) is 0.401. The second-order valence-electron chi connectivity index (χ2n) is 17.3. The van der Waals surface area contributed by atoms with Crippen molar-refractivity contribution in [2.45, 2.75) is 174 Å². The molecule has 0 unspecified atom stereocenters. The lowest BCUT2D eigenvalue weighted by Crippen LogP contribution is -2.49. The third kappa shape index (κ3) is 15.1. The van der Waals surface area contributed by atoms with Gasteiger partial charge in [-0.3, -0.25) is 0 Å². The van der Waals surface area contributed by atoms with E-state index in [9.17, 15) is 0 Å². The standard InChI is InChI=1S/C29H38OSi.C16H38OSi2/c1-4-5-6-7-8-18-25-31(2,3)30-29(26-19-12-9-13-20-26,27-21-14-10-15-22-27)28-23-16-11-17-24-28;1-9-10-11-12-13-14-15-16(2,3)19(7,8)17-18(4,5)6/h9-17,19-24H,4-8,18,25H2,1-3H3;9-15H2,1-8H3. The Kier molecular flexibility index (Phi) is 19.3. The summed E-state index contributed by atoms with van der Waals surface area (Å²) in [5.41, 5.74) is 3.03. The largest absolute Gasteiger partial charge is 0.455 e. The second kappa shape index (κ2) is 21.7. The zero-order valence-corrected chi connectivity index (χ0v) is 37.4. The minimum Gasteiger partial charge on any atom is -0.455 e. The maximum atomic E-state index is 7.35. The Balaban J connectivity index is 0.000000394. The molecule has 3 aromatic rings. The highest BCUT2D eigenvalue weighted by molar-refractivity contribution is 6.85. The number of benzene rings is 3. The molecule has 280 valence electrons. The van der Waals surface area contributed by atoms with Crippen molar-refractivity contribution in [3.05, 3.63) is 108 Å². The van der Waals surface area contributed by atoms with Gasteiger partial charge in [-0.15, -0.1) is 0 Å². The van der Waals surface area contributed by atoms with Crippen LogP contribution in [0.25, 0.3) is 0 Å². The second-order valence-corrected chi connectivity index (χ2v) is 30.9. The Hall–Kier alpha value is -1.77. The molecule has 0 atom stereocenters. The Morgan fingerprint density at radius 1 is 0.480 bits per heavy atom. The number of unbranched alkanes of at least 4 members (excludes halogenated alkanes) is 10. The smallest absolute Gasteiger partial charge is 0.188 e. The molecule has 3 rings (SSSR count). The monoisotopic (exact) mass is 733 g/mol. The van der Waals surface area contributed by atoms with Crippen molar-refractivity contribution in [2.24, 2.45) is 0 Å². The van der Waals surface area contributed by atoms with E-state index in [4.69, 9.17) is 8.54 Å². The van der Waals surface area contributed by atoms with Gasteiger partial charge in [-0.1, -0.05) is 196 Å². The summed E-state index contributed by atoms with van der Waals surface area (Å²) < 4.78 is 13.9. The van der Waals surface area contributed by atoms with Gasteiger partial charge in [0.15, 0.2) is 25.0 Å². The molecule has 0 spiro atoms. The molecule has 0 aliphatic rings. The van der Waals surface area contributed by atoms with E-state index < -0.39 is 30.6 Å². The SMILES string of the molecule is CCCCCCCCC(C)(C)[Si](C)(C)O[Si](C)(C)C.CCCCCCCC[Si](C)(C)OC(c1ccccc1)(c1ccccc1)c1ccccc1. The summed E-state index contributed by atoms with van der Waals surface area (Å²) in [4.78, 5) is 0. The number of hydrogen-bond donors (Lipinski definition) is 0. The molecule has 50 heavy (non-hydrogen) atoms. The van der Waals surface area contributed by atoms with E-state index in [1.165, 1.54) is 106 Å². The number of rotatable bonds is 22. The molecule has 0 aliphatic heterocycles. The maximum Gasteiger partial charge on any atom is 0.188 e. The third-order valence-electron chi connectivity index (χ3n) is 10.4. The van der Waals surface area contributed by atoms with E-state index >= 15 is 0 Å². The predicted molar refractivity (Wildman–Crippen MR) is 230 cm³/mol. The molecule has 0 heterocycles. The Morgan fingerprint density at radius 3 is 1.22 bits per heavy atom. The zero-order valence-electron chi connectivity index (χ0n) is 34.4. The topological polar surface area (TPSA) is 18.5 Å². The maximum absolute atomic E-state index is 7.35. The van der Waals surface area contributed by atoms with E-state index in [0.717, 1.165) is 0 Å². The van der Waals surface area contributed by atoms with Crippen molar-refractivity contribution < 1.29 is 8.54 Å². The van der Waals surface area contributed by atoms with Crippen molar-refractivity contribution in [3.63, 3.8) is 0 Å². The molecule has 0 saturated heterocycles. The van der Waals surface area contributed by atoms with Crippen LogP contribution in [-0.4, -0.2) is 25.0 Å². The van der Waals surface area contributed by atoms with Gasteiger partial charge in [0.2, 0.25) is 0 Å². The Bertz CT molecular complexity index is 1190. The third-order valence-corrected chi connectivity index (χ3v) is 20.9.